The standard InChI is InChI=1S/C21H18N6O/c1-2-28-12-17-24-20-18(22-13-23-20)21-25-19(26-27(17)21)16-10-8-15(9-11-16)14-6-4-3-5-7-14/h3-11,13H,2,12H2,1H3,(H,22,23). The predicted octanol–water partition coefficient (Wildman–Crippen LogP) is 3.87. The molecule has 7 heteroatoms. The molecular weight excluding hydrogens is 352 g/mol. The number of H-pyrrole nitrogens is 1. The monoisotopic (exact) mass is 370 g/mol. The van der Waals surface area contributed by atoms with E-state index in [0.29, 0.717) is 36.2 Å². The number of benzene rings is 2. The average molecular weight is 370 g/mol. The Kier molecular flexibility index (Phi) is 4.06. The molecule has 7 nitrogen and oxygen atoms in total. The topological polar surface area (TPSA) is 81.0 Å². The van der Waals surface area contributed by atoms with E-state index >= 15 is 0 Å². The second-order valence-electron chi connectivity index (χ2n) is 6.38. The fourth-order valence-electron chi connectivity index (χ4n) is 3.21. The summed E-state index contributed by atoms with van der Waals surface area (Å²) in [7, 11) is 0. The Balaban J connectivity index is 1.59. The fourth-order valence-corrected chi connectivity index (χ4v) is 3.21. The second kappa shape index (κ2) is 6.86. The van der Waals surface area contributed by atoms with Crippen LogP contribution in [0.1, 0.15) is 12.7 Å². The summed E-state index contributed by atoms with van der Waals surface area (Å²) in [6, 6.07) is 18.5. The summed E-state index contributed by atoms with van der Waals surface area (Å²) in [5, 5.41) is 4.68. The third-order valence-corrected chi connectivity index (χ3v) is 4.62. The van der Waals surface area contributed by atoms with Gasteiger partial charge in [0.2, 0.25) is 0 Å². The first kappa shape index (κ1) is 16.6. The molecule has 0 amide bonds. The van der Waals surface area contributed by atoms with Gasteiger partial charge >= 0.3 is 0 Å². The summed E-state index contributed by atoms with van der Waals surface area (Å²) in [4.78, 5) is 16.7. The van der Waals surface area contributed by atoms with E-state index in [0.717, 1.165) is 16.6 Å². The van der Waals surface area contributed by atoms with Crippen molar-refractivity contribution < 1.29 is 4.74 Å². The first-order valence-electron chi connectivity index (χ1n) is 9.16. The molecule has 3 aromatic heterocycles. The van der Waals surface area contributed by atoms with E-state index in [9.17, 15) is 0 Å². The van der Waals surface area contributed by atoms with Crippen LogP contribution in [0.3, 0.4) is 0 Å². The molecule has 0 atom stereocenters. The number of imidazole rings is 1. The summed E-state index contributed by atoms with van der Waals surface area (Å²) in [5.74, 6) is 1.32. The lowest BCUT2D eigenvalue weighted by molar-refractivity contribution is 0.127. The largest absolute Gasteiger partial charge is 0.374 e. The van der Waals surface area contributed by atoms with Gasteiger partial charge in [-0.05, 0) is 18.1 Å². The molecule has 0 radical (unpaired) electrons. The Bertz CT molecular complexity index is 1240. The maximum atomic E-state index is 5.54. The minimum atomic E-state index is 0.353. The Morgan fingerprint density at radius 2 is 1.68 bits per heavy atom. The van der Waals surface area contributed by atoms with Crippen LogP contribution in [0.4, 0.5) is 0 Å². The van der Waals surface area contributed by atoms with Crippen LogP contribution < -0.4 is 0 Å². The highest BCUT2D eigenvalue weighted by molar-refractivity contribution is 5.85. The van der Waals surface area contributed by atoms with Gasteiger partial charge in [-0.25, -0.2) is 15.0 Å². The third kappa shape index (κ3) is 2.82. The maximum absolute atomic E-state index is 5.54. The molecule has 0 spiro atoms. The number of hydrogen-bond acceptors (Lipinski definition) is 5. The van der Waals surface area contributed by atoms with Crippen molar-refractivity contribution in [1.82, 2.24) is 29.5 Å². The van der Waals surface area contributed by atoms with Gasteiger partial charge in [0.05, 0.1) is 6.33 Å². The highest BCUT2D eigenvalue weighted by atomic mass is 16.5. The van der Waals surface area contributed by atoms with Crippen LogP contribution in [0.2, 0.25) is 0 Å². The van der Waals surface area contributed by atoms with Crippen LogP contribution in [-0.2, 0) is 11.3 Å². The molecule has 2 aromatic carbocycles. The highest BCUT2D eigenvalue weighted by Gasteiger charge is 2.16. The van der Waals surface area contributed by atoms with Gasteiger partial charge in [-0.3, -0.25) is 0 Å². The van der Waals surface area contributed by atoms with E-state index in [1.807, 2.05) is 37.3 Å². The molecule has 0 aliphatic carbocycles. The molecule has 0 aliphatic rings. The maximum Gasteiger partial charge on any atom is 0.185 e. The number of hydrogen-bond donors (Lipinski definition) is 1. The Morgan fingerprint density at radius 3 is 2.46 bits per heavy atom. The van der Waals surface area contributed by atoms with E-state index in [2.05, 4.69) is 44.3 Å². The van der Waals surface area contributed by atoms with Gasteiger partial charge in [0.15, 0.2) is 22.9 Å². The van der Waals surface area contributed by atoms with Crippen molar-refractivity contribution in [2.75, 3.05) is 6.61 Å². The third-order valence-electron chi connectivity index (χ3n) is 4.62. The smallest absolute Gasteiger partial charge is 0.185 e. The molecule has 0 aliphatic heterocycles. The summed E-state index contributed by atoms with van der Waals surface area (Å²) in [6.45, 7) is 2.90. The number of aromatic amines is 1. The minimum absolute atomic E-state index is 0.353. The van der Waals surface area contributed by atoms with E-state index < -0.39 is 0 Å². The van der Waals surface area contributed by atoms with Gasteiger partial charge in [0.25, 0.3) is 0 Å². The second-order valence-corrected chi connectivity index (χ2v) is 6.38. The van der Waals surface area contributed by atoms with E-state index in [4.69, 9.17) is 9.72 Å². The van der Waals surface area contributed by atoms with E-state index in [1.165, 1.54) is 5.56 Å². The molecule has 0 saturated carbocycles. The van der Waals surface area contributed by atoms with E-state index in [1.54, 1.807) is 10.8 Å². The van der Waals surface area contributed by atoms with Crippen molar-refractivity contribution >= 4 is 16.8 Å². The van der Waals surface area contributed by atoms with Gasteiger partial charge in [-0.15, -0.1) is 5.10 Å². The van der Waals surface area contributed by atoms with Crippen molar-refractivity contribution in [3.63, 3.8) is 0 Å². The van der Waals surface area contributed by atoms with Crippen LogP contribution in [0, 0.1) is 0 Å². The van der Waals surface area contributed by atoms with Crippen LogP contribution in [0.15, 0.2) is 60.9 Å². The number of ether oxygens (including phenoxy) is 1. The van der Waals surface area contributed by atoms with Crippen LogP contribution in [0.5, 0.6) is 0 Å². The van der Waals surface area contributed by atoms with Gasteiger partial charge in [0.1, 0.15) is 12.1 Å². The molecule has 0 fully saturated rings. The molecule has 0 saturated heterocycles. The molecule has 3 heterocycles. The molecule has 1 N–H and O–H groups in total. The number of nitrogens with zero attached hydrogens (tertiary/aromatic N) is 5. The number of nitrogens with one attached hydrogen (secondary N) is 1. The van der Waals surface area contributed by atoms with Crippen LogP contribution in [0.25, 0.3) is 39.3 Å². The van der Waals surface area contributed by atoms with Gasteiger partial charge < -0.3 is 9.72 Å². The zero-order valence-corrected chi connectivity index (χ0v) is 15.3. The minimum Gasteiger partial charge on any atom is -0.374 e. The molecule has 0 unspecified atom stereocenters. The SMILES string of the molecule is CCOCc1nc2nc[nH]c2c2nc(-c3ccc(-c4ccccc4)cc3)nn12. The van der Waals surface area contributed by atoms with Crippen LogP contribution in [-0.4, -0.2) is 36.2 Å². The molecule has 138 valence electrons. The quantitative estimate of drug-likeness (QED) is 0.508. The van der Waals surface area contributed by atoms with Crippen LogP contribution >= 0.6 is 0 Å². The number of fused-ring (bicyclic) bond motifs is 3. The normalized spacial score (nSPS) is 11.5. The Labute approximate surface area is 161 Å². The molecular formula is C21H18N6O. The zero-order valence-electron chi connectivity index (χ0n) is 15.3. The Hall–Kier alpha value is -3.58. The zero-order chi connectivity index (χ0) is 18.9. The lowest BCUT2D eigenvalue weighted by Crippen LogP contribution is -2.05. The van der Waals surface area contributed by atoms with Crippen molar-refractivity contribution in [1.29, 1.82) is 0 Å². The first-order valence-corrected chi connectivity index (χ1v) is 9.16. The number of rotatable bonds is 5. The number of aromatic nitrogens is 6. The average Bonchev–Trinajstić information content (AvgIpc) is 3.39. The fraction of sp³-hybridized carbons (Fsp3) is 0.143. The molecule has 28 heavy (non-hydrogen) atoms. The summed E-state index contributed by atoms with van der Waals surface area (Å²) in [5.41, 5.74) is 5.35. The molecule has 5 aromatic rings. The molecule has 5 rings (SSSR count). The summed E-state index contributed by atoms with van der Waals surface area (Å²) >= 11 is 0. The molecule has 0 bridgehead atoms. The van der Waals surface area contributed by atoms with E-state index in [-0.39, 0.29) is 0 Å². The Morgan fingerprint density at radius 1 is 0.929 bits per heavy atom. The van der Waals surface area contributed by atoms with Gasteiger partial charge in [0, 0.05) is 12.2 Å². The van der Waals surface area contributed by atoms with Gasteiger partial charge in [-0.1, -0.05) is 54.6 Å². The summed E-state index contributed by atoms with van der Waals surface area (Å²) < 4.78 is 7.28. The van der Waals surface area contributed by atoms with Crippen molar-refractivity contribution in [2.45, 2.75) is 13.5 Å². The summed E-state index contributed by atoms with van der Waals surface area (Å²) in [6.07, 6.45) is 1.62. The predicted molar refractivity (Wildman–Crippen MR) is 107 cm³/mol. The first-order chi connectivity index (χ1) is 13.8. The van der Waals surface area contributed by atoms with Crippen molar-refractivity contribution in [3.8, 4) is 22.5 Å². The van der Waals surface area contributed by atoms with Gasteiger partial charge in [-0.2, -0.15) is 4.52 Å². The van der Waals surface area contributed by atoms with Crippen molar-refractivity contribution in [3.05, 3.63) is 66.7 Å². The van der Waals surface area contributed by atoms with Crippen molar-refractivity contribution in [2.24, 2.45) is 0 Å². The highest BCUT2D eigenvalue weighted by Crippen LogP contribution is 2.25. The lowest BCUT2D eigenvalue weighted by atomic mass is 10.0. The lowest BCUT2D eigenvalue weighted by Gasteiger charge is -2.03.